The number of aromatic nitrogens is 1. The number of nitrogens with zero attached hydrogens (tertiary/aromatic N) is 1. The van der Waals surface area contributed by atoms with Gasteiger partial charge in [0.05, 0.1) is 0 Å². The van der Waals surface area contributed by atoms with Gasteiger partial charge in [-0.3, -0.25) is 4.98 Å². The van der Waals surface area contributed by atoms with Crippen LogP contribution in [-0.2, 0) is 0 Å². The van der Waals surface area contributed by atoms with Gasteiger partial charge >= 0.3 is 6.18 Å². The van der Waals surface area contributed by atoms with E-state index in [2.05, 4.69) is 4.98 Å². The second-order valence-electron chi connectivity index (χ2n) is 2.68. The van der Waals surface area contributed by atoms with Crippen LogP contribution in [0.1, 0.15) is 17.2 Å². The lowest BCUT2D eigenvalue weighted by Crippen LogP contribution is -2.21. The maximum Gasteiger partial charge on any atom is 0.418 e. The van der Waals surface area contributed by atoms with Crippen molar-refractivity contribution in [1.82, 2.24) is 4.98 Å². The fourth-order valence-corrected chi connectivity index (χ4v) is 0.967. The average molecular weight is 191 g/mol. The van der Waals surface area contributed by atoms with Crippen molar-refractivity contribution in [1.29, 1.82) is 0 Å². The first-order chi connectivity index (χ1) is 5.93. The lowest BCUT2D eigenvalue weighted by molar-refractivity contribution is -0.207. The van der Waals surface area contributed by atoms with Gasteiger partial charge in [-0.25, -0.2) is 0 Å². The molecule has 0 aliphatic heterocycles. The van der Waals surface area contributed by atoms with Gasteiger partial charge in [0.2, 0.25) is 0 Å². The molecule has 2 nitrogen and oxygen atoms in total. The minimum atomic E-state index is -4.62. The maximum atomic E-state index is 12.0. The van der Waals surface area contributed by atoms with E-state index in [1.165, 1.54) is 19.3 Å². The third-order valence-corrected chi connectivity index (χ3v) is 1.67. The zero-order chi connectivity index (χ0) is 10.1. The summed E-state index contributed by atoms with van der Waals surface area (Å²) >= 11 is 0. The fraction of sp³-hybridized carbons (Fsp3) is 0.375. The van der Waals surface area contributed by atoms with E-state index in [0.29, 0.717) is 5.56 Å². The quantitative estimate of drug-likeness (QED) is 0.736. The lowest BCUT2D eigenvalue weighted by Gasteiger charge is -2.16. The standard InChI is InChI=1S/C8H8F3NO/c1-5-4-12-3-2-6(5)7(13)8(9,10)11/h2-4,7,13H,1H3/t7-/m1/s1. The van der Waals surface area contributed by atoms with Crippen LogP contribution in [0, 0.1) is 6.92 Å². The van der Waals surface area contributed by atoms with E-state index >= 15 is 0 Å². The van der Waals surface area contributed by atoms with E-state index in [-0.39, 0.29) is 5.56 Å². The van der Waals surface area contributed by atoms with Gasteiger partial charge in [0.15, 0.2) is 6.10 Å². The number of hydrogen-bond donors (Lipinski definition) is 1. The van der Waals surface area contributed by atoms with Crippen LogP contribution in [0.25, 0.3) is 0 Å². The van der Waals surface area contributed by atoms with E-state index in [4.69, 9.17) is 5.11 Å². The molecule has 0 saturated carbocycles. The van der Waals surface area contributed by atoms with Gasteiger partial charge in [0.25, 0.3) is 0 Å². The topological polar surface area (TPSA) is 33.1 Å². The molecule has 0 radical (unpaired) electrons. The van der Waals surface area contributed by atoms with Gasteiger partial charge < -0.3 is 5.11 Å². The highest BCUT2D eigenvalue weighted by Crippen LogP contribution is 2.33. The fourth-order valence-electron chi connectivity index (χ4n) is 0.967. The molecule has 0 fully saturated rings. The smallest absolute Gasteiger partial charge is 0.379 e. The Kier molecular flexibility index (Phi) is 2.56. The summed E-state index contributed by atoms with van der Waals surface area (Å²) < 4.78 is 36.1. The van der Waals surface area contributed by atoms with Crippen LogP contribution in [0.15, 0.2) is 18.5 Å². The SMILES string of the molecule is Cc1cnccc1[C@@H](O)C(F)(F)F. The molecular weight excluding hydrogens is 183 g/mol. The molecule has 72 valence electrons. The van der Waals surface area contributed by atoms with Crippen LogP contribution in [-0.4, -0.2) is 16.3 Å². The maximum absolute atomic E-state index is 12.0. The van der Waals surface area contributed by atoms with Crippen molar-refractivity contribution in [3.8, 4) is 0 Å². The zero-order valence-corrected chi connectivity index (χ0v) is 6.84. The second-order valence-corrected chi connectivity index (χ2v) is 2.68. The molecule has 5 heteroatoms. The molecule has 1 aromatic heterocycles. The summed E-state index contributed by atoms with van der Waals surface area (Å²) in [6.07, 6.45) is -4.54. The first-order valence-electron chi connectivity index (χ1n) is 3.58. The molecule has 1 heterocycles. The molecular formula is C8H8F3NO. The lowest BCUT2D eigenvalue weighted by atomic mass is 10.1. The van der Waals surface area contributed by atoms with Crippen LogP contribution >= 0.6 is 0 Å². The summed E-state index contributed by atoms with van der Waals surface area (Å²) in [4.78, 5) is 3.63. The molecule has 1 N–H and O–H groups in total. The number of halogens is 3. The van der Waals surface area contributed by atoms with E-state index in [1.54, 1.807) is 0 Å². The molecule has 0 amide bonds. The summed E-state index contributed by atoms with van der Waals surface area (Å²) in [5.41, 5.74) is 0.176. The van der Waals surface area contributed by atoms with Crippen LogP contribution in [0.3, 0.4) is 0 Å². The zero-order valence-electron chi connectivity index (χ0n) is 6.84. The molecule has 0 bridgehead atoms. The van der Waals surface area contributed by atoms with E-state index in [1.807, 2.05) is 0 Å². The minimum absolute atomic E-state index is 0.150. The summed E-state index contributed by atoms with van der Waals surface area (Å²) in [5, 5.41) is 8.89. The number of pyridine rings is 1. The average Bonchev–Trinajstić information content (AvgIpc) is 2.02. The van der Waals surface area contributed by atoms with Crippen molar-refractivity contribution in [2.24, 2.45) is 0 Å². The number of aliphatic hydroxyl groups excluding tert-OH is 1. The summed E-state index contributed by atoms with van der Waals surface area (Å²) in [6, 6.07) is 1.16. The molecule has 0 spiro atoms. The highest BCUT2D eigenvalue weighted by Gasteiger charge is 2.39. The van der Waals surface area contributed by atoms with Gasteiger partial charge in [-0.1, -0.05) is 0 Å². The third kappa shape index (κ3) is 2.18. The van der Waals surface area contributed by atoms with Gasteiger partial charge in [-0.15, -0.1) is 0 Å². The summed E-state index contributed by atoms with van der Waals surface area (Å²) in [6.45, 7) is 1.47. The third-order valence-electron chi connectivity index (χ3n) is 1.67. The highest BCUT2D eigenvalue weighted by molar-refractivity contribution is 5.24. The van der Waals surface area contributed by atoms with Crippen LogP contribution in [0.4, 0.5) is 13.2 Å². The molecule has 13 heavy (non-hydrogen) atoms. The predicted molar refractivity (Wildman–Crippen MR) is 40.0 cm³/mol. The Morgan fingerprint density at radius 3 is 2.54 bits per heavy atom. The summed E-state index contributed by atoms with van der Waals surface area (Å²) in [5.74, 6) is 0. The van der Waals surface area contributed by atoms with Crippen LogP contribution in [0.5, 0.6) is 0 Å². The van der Waals surface area contributed by atoms with E-state index in [9.17, 15) is 13.2 Å². The summed E-state index contributed by atoms with van der Waals surface area (Å²) in [7, 11) is 0. The predicted octanol–water partition coefficient (Wildman–Crippen LogP) is 1.99. The van der Waals surface area contributed by atoms with Gasteiger partial charge in [-0.2, -0.15) is 13.2 Å². The number of rotatable bonds is 1. The normalized spacial score (nSPS) is 14.2. The molecule has 0 aliphatic rings. The number of hydrogen-bond acceptors (Lipinski definition) is 2. The monoisotopic (exact) mass is 191 g/mol. The van der Waals surface area contributed by atoms with Crippen molar-refractivity contribution in [2.75, 3.05) is 0 Å². The Morgan fingerprint density at radius 1 is 1.46 bits per heavy atom. The van der Waals surface area contributed by atoms with Gasteiger partial charge in [0, 0.05) is 12.4 Å². The van der Waals surface area contributed by atoms with Crippen LogP contribution in [0.2, 0.25) is 0 Å². The minimum Gasteiger partial charge on any atom is -0.379 e. The van der Waals surface area contributed by atoms with Crippen LogP contribution < -0.4 is 0 Å². The Morgan fingerprint density at radius 2 is 2.08 bits per heavy atom. The molecule has 1 rings (SSSR count). The molecule has 1 atom stereocenters. The Balaban J connectivity index is 3.02. The van der Waals surface area contributed by atoms with Crippen molar-refractivity contribution < 1.29 is 18.3 Å². The van der Waals surface area contributed by atoms with E-state index in [0.717, 1.165) is 6.07 Å². The molecule has 1 aromatic rings. The first kappa shape index (κ1) is 9.98. The van der Waals surface area contributed by atoms with Gasteiger partial charge in [0.1, 0.15) is 0 Å². The van der Waals surface area contributed by atoms with E-state index < -0.39 is 12.3 Å². The Labute approximate surface area is 73.0 Å². The number of aliphatic hydroxyl groups is 1. The molecule has 0 unspecified atom stereocenters. The number of alkyl halides is 3. The largest absolute Gasteiger partial charge is 0.418 e. The van der Waals surface area contributed by atoms with Crippen molar-refractivity contribution in [3.63, 3.8) is 0 Å². The first-order valence-corrected chi connectivity index (χ1v) is 3.58. The van der Waals surface area contributed by atoms with Gasteiger partial charge in [-0.05, 0) is 24.1 Å². The molecule has 0 aliphatic carbocycles. The number of aryl methyl sites for hydroxylation is 1. The van der Waals surface area contributed by atoms with Crippen molar-refractivity contribution in [2.45, 2.75) is 19.2 Å². The van der Waals surface area contributed by atoms with Crippen molar-refractivity contribution in [3.05, 3.63) is 29.6 Å². The van der Waals surface area contributed by atoms with Crippen molar-refractivity contribution >= 4 is 0 Å². The molecule has 0 aromatic carbocycles. The Bertz CT molecular complexity index is 298. The molecule has 0 saturated heterocycles. The second kappa shape index (κ2) is 3.33. The Hall–Kier alpha value is -1.10. The highest BCUT2D eigenvalue weighted by atomic mass is 19.4.